The van der Waals surface area contributed by atoms with Crippen molar-refractivity contribution in [2.45, 2.75) is 122 Å². The molecule has 378 valence electrons. The zero-order valence-corrected chi connectivity index (χ0v) is 40.5. The second-order valence-electron chi connectivity index (χ2n) is 18.5. The zero-order chi connectivity index (χ0) is 51.0. The van der Waals surface area contributed by atoms with Gasteiger partial charge in [0, 0.05) is 41.9 Å². The first-order chi connectivity index (χ1) is 34.0. The molecule has 2 heterocycles. The summed E-state index contributed by atoms with van der Waals surface area (Å²) >= 11 is 0. The predicted octanol–water partition coefficient (Wildman–Crippen LogP) is 2.83. The van der Waals surface area contributed by atoms with Crippen LogP contribution in [0.5, 0.6) is 0 Å². The number of cyclic esters (lactones) is 1. The van der Waals surface area contributed by atoms with E-state index in [9.17, 15) is 43.5 Å². The largest absolute Gasteiger partial charge is 0.458 e. The number of allylic oxidation sites excluding steroid dienone is 1. The second kappa shape index (κ2) is 22.9. The number of halogens is 1. The molecule has 5 atom stereocenters. The fraction of sp³-hybridized carbons (Fsp3) is 0.481. The SMILES string of the molecule is CCCCCC(=O)NCC(=O)NCC(=O)N[C@@H](Cc1ccccc1)C(=O)NCC(=O)NCO[C@H](C)C(=O)N[C@H]1CCc2c(C)c(F)cc3nc4c(c1c23)CC1CCC(=O)C2=C(/C=C/41)[C@@](O)(CC)C(=O)OC2. The maximum Gasteiger partial charge on any atom is 0.343 e. The summed E-state index contributed by atoms with van der Waals surface area (Å²) in [6.07, 6.45) is 5.48. The average Bonchev–Trinajstić information content (AvgIpc) is 3.69. The summed E-state index contributed by atoms with van der Waals surface area (Å²) in [4.78, 5) is 109. The number of pyridine rings is 1. The van der Waals surface area contributed by atoms with E-state index in [1.807, 2.05) is 6.92 Å². The number of aliphatic hydroxyl groups is 1. The minimum atomic E-state index is -2.04. The third kappa shape index (κ3) is 11.8. The van der Waals surface area contributed by atoms with Gasteiger partial charge in [-0.3, -0.25) is 33.6 Å². The lowest BCUT2D eigenvalue weighted by molar-refractivity contribution is -0.163. The molecule has 0 bridgehead atoms. The molecule has 19 heteroatoms. The quantitative estimate of drug-likeness (QED) is 0.0490. The Bertz CT molecular complexity index is 2690. The van der Waals surface area contributed by atoms with Gasteiger partial charge in [0.2, 0.25) is 35.4 Å². The zero-order valence-electron chi connectivity index (χ0n) is 40.5. The summed E-state index contributed by atoms with van der Waals surface area (Å²) in [5.74, 6) is -4.99. The monoisotopic (exact) mass is 979 g/mol. The number of hydrogen-bond acceptors (Lipinski definition) is 12. The van der Waals surface area contributed by atoms with Gasteiger partial charge in [0.15, 0.2) is 11.4 Å². The molecule has 7 N–H and O–H groups in total. The number of hydrogen-bond donors (Lipinski definition) is 7. The first kappa shape index (κ1) is 52.0. The summed E-state index contributed by atoms with van der Waals surface area (Å²) in [6, 6.07) is 8.59. The highest BCUT2D eigenvalue weighted by atomic mass is 19.1. The van der Waals surface area contributed by atoms with Crippen molar-refractivity contribution in [2.75, 3.05) is 33.0 Å². The molecule has 0 fully saturated rings. The van der Waals surface area contributed by atoms with Crippen LogP contribution in [0, 0.1) is 18.7 Å². The van der Waals surface area contributed by atoms with Crippen LogP contribution in [-0.2, 0) is 67.1 Å². The molecule has 2 aromatic carbocycles. The first-order valence-corrected chi connectivity index (χ1v) is 24.4. The standard InChI is InChI=1S/C52H62FN7O11/c1-5-7-9-14-42(62)54-23-43(63)55-25-45(65)58-40(19-30-12-10-8-11-13-30)50(67)56-24-44(64)57-27-71-29(4)49(66)60-38-17-16-32-28(3)37(53)22-39-46(32)47(38)34-20-31-15-18-41(61)35-26-70-51(68)52(69,6-2)36(35)21-33(31)48(34)59-39/h8,10-13,21-22,29,31,38,40,69H,5-7,9,14-20,23-27H2,1-4H3,(H,54,62)(H,55,63)(H,56,67)(H,57,64)(H,58,65)(H,60,66)/b33-21+/t29-,31?,38+,40+,52+/m1/s1. The lowest BCUT2D eigenvalue weighted by Crippen LogP contribution is -2.52. The maximum absolute atomic E-state index is 15.5. The lowest BCUT2D eigenvalue weighted by atomic mass is 9.79. The third-order valence-electron chi connectivity index (χ3n) is 13.8. The van der Waals surface area contributed by atoms with Gasteiger partial charge in [-0.25, -0.2) is 14.2 Å². The van der Waals surface area contributed by atoms with Crippen molar-refractivity contribution >= 4 is 63.7 Å². The Morgan fingerprint density at radius 1 is 0.901 bits per heavy atom. The van der Waals surface area contributed by atoms with Gasteiger partial charge >= 0.3 is 5.97 Å². The fourth-order valence-electron chi connectivity index (χ4n) is 9.75. The van der Waals surface area contributed by atoms with E-state index >= 15 is 4.39 Å². The summed E-state index contributed by atoms with van der Waals surface area (Å²) in [5.41, 5.74) is 3.68. The van der Waals surface area contributed by atoms with Crippen molar-refractivity contribution in [3.05, 3.63) is 92.9 Å². The number of amides is 6. The number of nitrogens with zero attached hydrogens (tertiary/aromatic N) is 1. The normalized spacial score (nSPS) is 20.6. The van der Waals surface area contributed by atoms with E-state index in [0.717, 1.165) is 46.1 Å². The Balaban J connectivity index is 0.971. The van der Waals surface area contributed by atoms with Crippen molar-refractivity contribution in [3.63, 3.8) is 0 Å². The van der Waals surface area contributed by atoms with Gasteiger partial charge in [-0.1, -0.05) is 57.0 Å². The number of unbranched alkanes of at least 4 members (excludes halogenated alkanes) is 2. The molecule has 18 nitrogen and oxygen atoms in total. The predicted molar refractivity (Wildman–Crippen MR) is 257 cm³/mol. The summed E-state index contributed by atoms with van der Waals surface area (Å²) in [5, 5.41) is 28.0. The number of benzene rings is 2. The highest BCUT2D eigenvalue weighted by molar-refractivity contribution is 6.03. The number of ketones is 1. The number of ether oxygens (including phenoxy) is 2. The van der Waals surface area contributed by atoms with Crippen LogP contribution in [0.25, 0.3) is 16.5 Å². The molecule has 3 aliphatic carbocycles. The molecule has 3 aromatic rings. The average molecular weight is 980 g/mol. The first-order valence-electron chi connectivity index (χ1n) is 24.4. The molecule has 71 heavy (non-hydrogen) atoms. The molecule has 6 amide bonds. The number of esters is 1. The van der Waals surface area contributed by atoms with E-state index in [-0.39, 0.29) is 61.2 Å². The van der Waals surface area contributed by atoms with E-state index in [4.69, 9.17) is 14.5 Å². The molecular formula is C52H62FN7O11. The molecule has 4 aliphatic rings. The number of Topliss-reactive ketones (excluding diaryl/α,β-unsaturated/α-hetero) is 1. The number of fused-ring (bicyclic) bond motifs is 4. The van der Waals surface area contributed by atoms with Crippen LogP contribution in [0.3, 0.4) is 0 Å². The number of rotatable bonds is 20. The number of nitrogens with one attached hydrogen (secondary N) is 6. The van der Waals surface area contributed by atoms with E-state index in [0.29, 0.717) is 55.3 Å². The van der Waals surface area contributed by atoms with Gasteiger partial charge < -0.3 is 46.5 Å². The van der Waals surface area contributed by atoms with E-state index < -0.39 is 84.9 Å². The summed E-state index contributed by atoms with van der Waals surface area (Å²) in [6.45, 7) is 5.00. The molecular weight excluding hydrogens is 918 g/mol. The molecule has 1 unspecified atom stereocenters. The maximum atomic E-state index is 15.5. The smallest absolute Gasteiger partial charge is 0.343 e. The Morgan fingerprint density at radius 3 is 2.37 bits per heavy atom. The third-order valence-corrected chi connectivity index (χ3v) is 13.8. The van der Waals surface area contributed by atoms with Gasteiger partial charge in [0.1, 0.15) is 31.3 Å². The van der Waals surface area contributed by atoms with E-state index in [1.165, 1.54) is 13.0 Å². The van der Waals surface area contributed by atoms with Crippen LogP contribution in [0.4, 0.5) is 4.39 Å². The lowest BCUT2D eigenvalue weighted by Gasteiger charge is -2.34. The molecule has 0 saturated carbocycles. The fourth-order valence-corrected chi connectivity index (χ4v) is 9.75. The summed E-state index contributed by atoms with van der Waals surface area (Å²) in [7, 11) is 0. The Hall–Kier alpha value is -6.86. The van der Waals surface area contributed by atoms with E-state index in [1.54, 1.807) is 50.3 Å². The van der Waals surface area contributed by atoms with Crippen LogP contribution < -0.4 is 31.9 Å². The molecule has 7 rings (SSSR count). The number of aryl methyl sites for hydroxylation is 1. The number of carbonyl (C=O) groups is 8. The highest BCUT2D eigenvalue weighted by Gasteiger charge is 2.47. The van der Waals surface area contributed by atoms with Crippen LogP contribution in [0.15, 0.2) is 53.6 Å². The highest BCUT2D eigenvalue weighted by Crippen LogP contribution is 2.50. The van der Waals surface area contributed by atoms with E-state index in [2.05, 4.69) is 31.9 Å². The minimum absolute atomic E-state index is 0.0241. The minimum Gasteiger partial charge on any atom is -0.458 e. The van der Waals surface area contributed by atoms with Gasteiger partial charge in [-0.05, 0) is 97.8 Å². The molecule has 0 saturated heterocycles. The van der Waals surface area contributed by atoms with Crippen molar-refractivity contribution in [1.82, 2.24) is 36.9 Å². The van der Waals surface area contributed by atoms with Crippen LogP contribution in [0.2, 0.25) is 0 Å². The van der Waals surface area contributed by atoms with Gasteiger partial charge in [-0.2, -0.15) is 0 Å². The number of aromatic nitrogens is 1. The summed E-state index contributed by atoms with van der Waals surface area (Å²) < 4.78 is 26.5. The molecule has 1 aromatic heterocycles. The van der Waals surface area contributed by atoms with Crippen molar-refractivity contribution in [1.29, 1.82) is 0 Å². The van der Waals surface area contributed by atoms with Crippen LogP contribution >= 0.6 is 0 Å². The second-order valence-corrected chi connectivity index (χ2v) is 18.5. The topological polar surface area (TPSA) is 260 Å². The van der Waals surface area contributed by atoms with Crippen molar-refractivity contribution in [2.24, 2.45) is 5.92 Å². The Kier molecular flexibility index (Phi) is 16.8. The van der Waals surface area contributed by atoms with Gasteiger partial charge in [0.25, 0.3) is 0 Å². The van der Waals surface area contributed by atoms with Crippen LogP contribution in [0.1, 0.15) is 112 Å². The number of carbonyl (C=O) groups excluding carboxylic acids is 8. The molecule has 0 radical (unpaired) electrons. The van der Waals surface area contributed by atoms with Crippen molar-refractivity contribution < 1.29 is 57.3 Å². The van der Waals surface area contributed by atoms with Crippen LogP contribution in [-0.4, -0.2) is 108 Å². The van der Waals surface area contributed by atoms with Gasteiger partial charge in [-0.15, -0.1) is 0 Å². The van der Waals surface area contributed by atoms with Gasteiger partial charge in [0.05, 0.1) is 36.9 Å². The molecule has 0 spiro atoms. The van der Waals surface area contributed by atoms with Crippen molar-refractivity contribution in [3.8, 4) is 0 Å². The molecule has 1 aliphatic heterocycles. The Labute approximate surface area is 410 Å². The Morgan fingerprint density at radius 2 is 1.62 bits per heavy atom.